The Balaban J connectivity index is 2.53. The molecule has 1 rings (SSSR count). The first-order valence-corrected chi connectivity index (χ1v) is 7.27. The van der Waals surface area contributed by atoms with E-state index in [0.717, 1.165) is 24.9 Å². The van der Waals surface area contributed by atoms with E-state index >= 15 is 0 Å². The Morgan fingerprint density at radius 2 is 1.88 bits per heavy atom. The van der Waals surface area contributed by atoms with Crippen LogP contribution in [0, 0.1) is 11.8 Å². The molecule has 1 unspecified atom stereocenters. The van der Waals surface area contributed by atoms with E-state index in [9.17, 15) is 0 Å². The minimum absolute atomic E-state index is 0.756. The van der Waals surface area contributed by atoms with Crippen LogP contribution < -0.4 is 5.32 Å². The fourth-order valence-corrected chi connectivity index (χ4v) is 2.90. The maximum atomic E-state index is 3.48. The van der Waals surface area contributed by atoms with Gasteiger partial charge in [0.05, 0.1) is 0 Å². The van der Waals surface area contributed by atoms with E-state index in [1.165, 1.54) is 17.7 Å². The molecule has 2 heteroatoms. The lowest BCUT2D eigenvalue weighted by Crippen LogP contribution is -2.27. The zero-order valence-corrected chi connectivity index (χ0v) is 11.9. The molecule has 0 aliphatic heterocycles. The average Bonchev–Trinajstić information content (AvgIpc) is 2.71. The summed E-state index contributed by atoms with van der Waals surface area (Å²) in [6, 6.07) is 4.59. The lowest BCUT2D eigenvalue weighted by molar-refractivity contribution is 0.365. The molecule has 1 N–H and O–H groups in total. The highest BCUT2D eigenvalue weighted by Gasteiger charge is 2.14. The number of hydrogen-bond donors (Lipinski definition) is 1. The molecule has 1 heterocycles. The molecule has 0 bridgehead atoms. The Morgan fingerprint density at radius 1 is 1.19 bits per heavy atom. The molecule has 16 heavy (non-hydrogen) atoms. The van der Waals surface area contributed by atoms with Gasteiger partial charge in [0.1, 0.15) is 0 Å². The Morgan fingerprint density at radius 3 is 2.38 bits per heavy atom. The van der Waals surface area contributed by atoms with Crippen molar-refractivity contribution in [3.63, 3.8) is 0 Å². The van der Waals surface area contributed by atoms with Crippen molar-refractivity contribution < 1.29 is 0 Å². The first-order chi connectivity index (χ1) is 7.67. The lowest BCUT2D eigenvalue weighted by Gasteiger charge is -2.20. The van der Waals surface area contributed by atoms with Gasteiger partial charge in [0.2, 0.25) is 0 Å². The van der Waals surface area contributed by atoms with E-state index in [1.807, 2.05) is 11.3 Å². The maximum Gasteiger partial charge on any atom is 0.00515 e. The van der Waals surface area contributed by atoms with Crippen molar-refractivity contribution in [1.29, 1.82) is 0 Å². The van der Waals surface area contributed by atoms with Crippen LogP contribution in [-0.2, 0) is 12.8 Å². The van der Waals surface area contributed by atoms with Crippen molar-refractivity contribution >= 4 is 11.3 Å². The van der Waals surface area contributed by atoms with Crippen LogP contribution in [0.15, 0.2) is 12.1 Å². The molecular weight excluding hydrogens is 214 g/mol. The van der Waals surface area contributed by atoms with Crippen LogP contribution in [0.5, 0.6) is 0 Å². The first-order valence-electron chi connectivity index (χ1n) is 6.45. The molecule has 0 spiro atoms. The molecule has 0 aliphatic carbocycles. The minimum atomic E-state index is 0.756. The molecule has 0 saturated heterocycles. The predicted octanol–water partition coefficient (Wildman–Crippen LogP) is 3.73. The smallest absolute Gasteiger partial charge is 0.00515 e. The summed E-state index contributed by atoms with van der Waals surface area (Å²) in [6.07, 6.45) is 2.40. The normalized spacial score (nSPS) is 13.3. The molecule has 1 aromatic rings. The van der Waals surface area contributed by atoms with Gasteiger partial charge in [-0.3, -0.25) is 0 Å². The molecule has 0 aliphatic rings. The molecule has 1 atom stereocenters. The fraction of sp³-hybridized carbons (Fsp3) is 0.714. The van der Waals surface area contributed by atoms with Crippen LogP contribution >= 0.6 is 11.3 Å². The van der Waals surface area contributed by atoms with Gasteiger partial charge in [-0.2, -0.15) is 0 Å². The second-order valence-electron chi connectivity index (χ2n) is 4.74. The quantitative estimate of drug-likeness (QED) is 0.764. The van der Waals surface area contributed by atoms with E-state index in [0.29, 0.717) is 0 Å². The van der Waals surface area contributed by atoms with Crippen molar-refractivity contribution in [3.05, 3.63) is 21.9 Å². The van der Waals surface area contributed by atoms with Crippen molar-refractivity contribution in [2.75, 3.05) is 13.1 Å². The number of nitrogens with one attached hydrogen (secondary N) is 1. The molecule has 0 saturated carbocycles. The zero-order chi connectivity index (χ0) is 12.0. The van der Waals surface area contributed by atoms with Gasteiger partial charge in [0.15, 0.2) is 0 Å². The van der Waals surface area contributed by atoms with E-state index < -0.39 is 0 Å². The lowest BCUT2D eigenvalue weighted by atomic mass is 9.92. The van der Waals surface area contributed by atoms with Crippen LogP contribution in [0.1, 0.15) is 37.4 Å². The SMILES string of the molecule is CCNCC(Cc1ccc(CC)s1)C(C)C. The molecule has 1 nitrogen and oxygen atoms in total. The van der Waals surface area contributed by atoms with Crippen molar-refractivity contribution in [2.45, 2.75) is 40.5 Å². The van der Waals surface area contributed by atoms with E-state index in [1.54, 1.807) is 4.88 Å². The van der Waals surface area contributed by atoms with Crippen LogP contribution in [0.2, 0.25) is 0 Å². The van der Waals surface area contributed by atoms with E-state index in [4.69, 9.17) is 0 Å². The summed E-state index contributed by atoms with van der Waals surface area (Å²) in [6.45, 7) is 11.3. The van der Waals surface area contributed by atoms with Gasteiger partial charge in [-0.1, -0.05) is 27.7 Å². The van der Waals surface area contributed by atoms with Gasteiger partial charge in [-0.25, -0.2) is 0 Å². The largest absolute Gasteiger partial charge is 0.317 e. The Bertz CT molecular complexity index is 291. The molecule has 0 aromatic carbocycles. The molecule has 1 aromatic heterocycles. The Hall–Kier alpha value is -0.340. The van der Waals surface area contributed by atoms with E-state index in [2.05, 4.69) is 45.1 Å². The summed E-state index contributed by atoms with van der Waals surface area (Å²) >= 11 is 1.98. The van der Waals surface area contributed by atoms with Crippen molar-refractivity contribution in [2.24, 2.45) is 11.8 Å². The highest BCUT2D eigenvalue weighted by molar-refractivity contribution is 7.11. The minimum Gasteiger partial charge on any atom is -0.317 e. The first kappa shape index (κ1) is 13.7. The van der Waals surface area contributed by atoms with Gasteiger partial charge in [-0.05, 0) is 49.9 Å². The monoisotopic (exact) mass is 239 g/mol. The summed E-state index contributed by atoms with van der Waals surface area (Å²) in [5.74, 6) is 1.52. The number of hydrogen-bond acceptors (Lipinski definition) is 2. The Labute approximate surface area is 104 Å². The second-order valence-corrected chi connectivity index (χ2v) is 5.99. The average molecular weight is 239 g/mol. The fourth-order valence-electron chi connectivity index (χ4n) is 1.85. The zero-order valence-electron chi connectivity index (χ0n) is 11.0. The number of thiophene rings is 1. The van der Waals surface area contributed by atoms with Crippen LogP contribution in [0.4, 0.5) is 0 Å². The van der Waals surface area contributed by atoms with Gasteiger partial charge < -0.3 is 5.32 Å². The highest BCUT2D eigenvalue weighted by atomic mass is 32.1. The summed E-state index contributed by atoms with van der Waals surface area (Å²) in [5, 5.41) is 3.48. The van der Waals surface area contributed by atoms with Crippen LogP contribution in [0.3, 0.4) is 0 Å². The topological polar surface area (TPSA) is 12.0 Å². The third-order valence-electron chi connectivity index (χ3n) is 3.13. The molecular formula is C14H25NS. The van der Waals surface area contributed by atoms with Gasteiger partial charge in [0.25, 0.3) is 0 Å². The van der Waals surface area contributed by atoms with Gasteiger partial charge in [0, 0.05) is 9.75 Å². The second kappa shape index (κ2) is 7.08. The molecule has 0 amide bonds. The number of rotatable bonds is 7. The molecule has 92 valence electrons. The van der Waals surface area contributed by atoms with Crippen LogP contribution in [-0.4, -0.2) is 13.1 Å². The summed E-state index contributed by atoms with van der Waals surface area (Å²) in [5.41, 5.74) is 0. The summed E-state index contributed by atoms with van der Waals surface area (Å²) in [7, 11) is 0. The molecule has 0 fully saturated rings. The highest BCUT2D eigenvalue weighted by Crippen LogP contribution is 2.23. The summed E-state index contributed by atoms with van der Waals surface area (Å²) in [4.78, 5) is 3.06. The van der Waals surface area contributed by atoms with Crippen molar-refractivity contribution in [1.82, 2.24) is 5.32 Å². The standard InChI is InChI=1S/C14H25NS/c1-5-13-7-8-14(16-13)9-12(11(3)4)10-15-6-2/h7-8,11-12,15H,5-6,9-10H2,1-4H3. The van der Waals surface area contributed by atoms with E-state index in [-0.39, 0.29) is 0 Å². The van der Waals surface area contributed by atoms with Crippen molar-refractivity contribution in [3.8, 4) is 0 Å². The van der Waals surface area contributed by atoms with Gasteiger partial charge >= 0.3 is 0 Å². The Kier molecular flexibility index (Phi) is 6.07. The maximum absolute atomic E-state index is 3.48. The third-order valence-corrected chi connectivity index (χ3v) is 4.38. The molecule has 0 radical (unpaired) electrons. The number of aryl methyl sites for hydroxylation is 1. The third kappa shape index (κ3) is 4.26. The van der Waals surface area contributed by atoms with Crippen LogP contribution in [0.25, 0.3) is 0 Å². The predicted molar refractivity (Wildman–Crippen MR) is 74.3 cm³/mol. The van der Waals surface area contributed by atoms with Gasteiger partial charge in [-0.15, -0.1) is 11.3 Å². The summed E-state index contributed by atoms with van der Waals surface area (Å²) < 4.78 is 0.